The molecule has 2 heterocycles. The molecule has 0 atom stereocenters. The topological polar surface area (TPSA) is 74.6 Å². The maximum atomic E-state index is 5.90. The number of nitrogen functional groups attached to an aromatic ring is 1. The fourth-order valence-corrected chi connectivity index (χ4v) is 2.52. The lowest BCUT2D eigenvalue weighted by atomic mass is 10.3. The van der Waals surface area contributed by atoms with Crippen LogP contribution in [0.25, 0.3) is 0 Å². The number of hydrogen-bond donors (Lipinski definition) is 1. The summed E-state index contributed by atoms with van der Waals surface area (Å²) in [7, 11) is 0. The van der Waals surface area contributed by atoms with E-state index in [2.05, 4.69) is 19.9 Å². The molecule has 2 N–H and O–H groups in total. The first kappa shape index (κ1) is 10.1. The molecule has 0 spiro atoms. The fourth-order valence-electron chi connectivity index (χ4n) is 2.52. The molecule has 2 aromatic heterocycles. The maximum absolute atomic E-state index is 5.90. The predicted octanol–water partition coefficient (Wildman–Crippen LogP) is 1.32. The van der Waals surface area contributed by atoms with E-state index in [1.165, 1.54) is 31.4 Å². The van der Waals surface area contributed by atoms with Crippen LogP contribution in [0.15, 0.2) is 12.5 Å². The van der Waals surface area contributed by atoms with Gasteiger partial charge >= 0.3 is 0 Å². The molecule has 0 bridgehead atoms. The summed E-state index contributed by atoms with van der Waals surface area (Å²) in [5.74, 6) is 1.16. The van der Waals surface area contributed by atoms with Crippen LogP contribution in [0.1, 0.15) is 49.0 Å². The molecule has 2 aliphatic carbocycles. The van der Waals surface area contributed by atoms with E-state index in [4.69, 9.17) is 5.73 Å². The summed E-state index contributed by atoms with van der Waals surface area (Å²) in [6, 6.07) is 0.646. The monoisotopic (exact) mass is 244 g/mol. The van der Waals surface area contributed by atoms with E-state index in [0.29, 0.717) is 17.8 Å². The number of nitrogens with two attached hydrogens (primary N) is 1. The van der Waals surface area contributed by atoms with Gasteiger partial charge in [0.25, 0.3) is 0 Å². The highest BCUT2D eigenvalue weighted by Gasteiger charge is 2.31. The Kier molecular flexibility index (Phi) is 2.00. The zero-order valence-electron chi connectivity index (χ0n) is 10.2. The zero-order valence-corrected chi connectivity index (χ0v) is 10.2. The first-order chi connectivity index (χ1) is 8.83. The minimum Gasteiger partial charge on any atom is -0.381 e. The van der Waals surface area contributed by atoms with Gasteiger partial charge in [-0.15, -0.1) is 5.10 Å². The summed E-state index contributed by atoms with van der Waals surface area (Å²) in [5, 5.41) is 8.18. The number of rotatable bonds is 4. The third kappa shape index (κ3) is 1.60. The molecule has 0 unspecified atom stereocenters. The second-order valence-corrected chi connectivity index (χ2v) is 5.32. The van der Waals surface area contributed by atoms with Crippen molar-refractivity contribution in [3.8, 4) is 0 Å². The van der Waals surface area contributed by atoms with Crippen molar-refractivity contribution >= 4 is 5.82 Å². The Bertz CT molecular complexity index is 575. The molecule has 0 aromatic carbocycles. The Morgan fingerprint density at radius 1 is 1.28 bits per heavy atom. The molecule has 0 amide bonds. The van der Waals surface area contributed by atoms with Gasteiger partial charge in [-0.25, -0.2) is 9.67 Å². The first-order valence-corrected chi connectivity index (χ1v) is 6.52. The predicted molar refractivity (Wildman–Crippen MR) is 66.0 cm³/mol. The van der Waals surface area contributed by atoms with Crippen molar-refractivity contribution in [1.29, 1.82) is 0 Å². The third-order valence-electron chi connectivity index (χ3n) is 3.76. The van der Waals surface area contributed by atoms with E-state index in [1.54, 1.807) is 0 Å². The zero-order chi connectivity index (χ0) is 12.1. The van der Waals surface area contributed by atoms with Crippen molar-refractivity contribution in [3.05, 3.63) is 23.9 Å². The van der Waals surface area contributed by atoms with Gasteiger partial charge < -0.3 is 10.3 Å². The molecule has 6 nitrogen and oxygen atoms in total. The van der Waals surface area contributed by atoms with Gasteiger partial charge in [-0.05, 0) is 25.7 Å². The van der Waals surface area contributed by atoms with E-state index in [0.717, 1.165) is 12.2 Å². The largest absolute Gasteiger partial charge is 0.381 e. The molecule has 0 radical (unpaired) electrons. The molecular weight excluding hydrogens is 228 g/mol. The molecular formula is C12H16N6. The molecule has 0 aliphatic heterocycles. The average molecular weight is 244 g/mol. The van der Waals surface area contributed by atoms with Crippen LogP contribution in [0, 0.1) is 0 Å². The van der Waals surface area contributed by atoms with E-state index in [1.807, 2.05) is 17.2 Å². The SMILES string of the molecule is Nc1nnn(Cc2cncn2C2CC2)c1C1CC1. The van der Waals surface area contributed by atoms with Crippen LogP contribution in [0.2, 0.25) is 0 Å². The van der Waals surface area contributed by atoms with Gasteiger partial charge in [-0.3, -0.25) is 0 Å². The van der Waals surface area contributed by atoms with E-state index in [-0.39, 0.29) is 0 Å². The van der Waals surface area contributed by atoms with Crippen LogP contribution in [0.3, 0.4) is 0 Å². The molecule has 18 heavy (non-hydrogen) atoms. The summed E-state index contributed by atoms with van der Waals surface area (Å²) in [4.78, 5) is 4.25. The van der Waals surface area contributed by atoms with Crippen LogP contribution in [0.5, 0.6) is 0 Å². The number of anilines is 1. The summed E-state index contributed by atoms with van der Waals surface area (Å²) >= 11 is 0. The summed E-state index contributed by atoms with van der Waals surface area (Å²) in [5.41, 5.74) is 8.21. The van der Waals surface area contributed by atoms with Gasteiger partial charge in [0.15, 0.2) is 5.82 Å². The van der Waals surface area contributed by atoms with Crippen LogP contribution in [-0.4, -0.2) is 24.5 Å². The number of hydrogen-bond acceptors (Lipinski definition) is 4. The Morgan fingerprint density at radius 3 is 2.83 bits per heavy atom. The Morgan fingerprint density at radius 2 is 2.11 bits per heavy atom. The molecule has 94 valence electrons. The van der Waals surface area contributed by atoms with Crippen molar-refractivity contribution < 1.29 is 0 Å². The lowest BCUT2D eigenvalue weighted by Gasteiger charge is -2.08. The van der Waals surface area contributed by atoms with Crippen LogP contribution in [-0.2, 0) is 6.54 Å². The fraction of sp³-hybridized carbons (Fsp3) is 0.583. The summed E-state index contributed by atoms with van der Waals surface area (Å²) in [6.45, 7) is 0.729. The number of nitrogens with zero attached hydrogens (tertiary/aromatic N) is 5. The number of imidazole rings is 1. The Balaban J connectivity index is 1.65. The highest BCUT2D eigenvalue weighted by atomic mass is 15.4. The second-order valence-electron chi connectivity index (χ2n) is 5.32. The molecule has 2 fully saturated rings. The maximum Gasteiger partial charge on any atom is 0.169 e. The standard InChI is InChI=1S/C12H16N6/c13-12-11(8-1-2-8)18(16-15-12)6-10-5-14-7-17(10)9-3-4-9/h5,7-9H,1-4,6,13H2. The highest BCUT2D eigenvalue weighted by molar-refractivity contribution is 5.38. The van der Waals surface area contributed by atoms with Gasteiger partial charge in [0.05, 0.1) is 30.5 Å². The van der Waals surface area contributed by atoms with Gasteiger partial charge in [0.1, 0.15) is 0 Å². The lowest BCUT2D eigenvalue weighted by molar-refractivity contribution is 0.577. The molecule has 4 rings (SSSR count). The van der Waals surface area contributed by atoms with Gasteiger partial charge in [0, 0.05) is 12.0 Å². The van der Waals surface area contributed by atoms with Crippen LogP contribution >= 0.6 is 0 Å². The minimum atomic E-state index is 0.567. The van der Waals surface area contributed by atoms with Gasteiger partial charge in [-0.2, -0.15) is 0 Å². The lowest BCUT2D eigenvalue weighted by Crippen LogP contribution is -2.10. The quantitative estimate of drug-likeness (QED) is 0.880. The molecule has 2 aromatic rings. The van der Waals surface area contributed by atoms with Gasteiger partial charge in [-0.1, -0.05) is 5.21 Å². The molecule has 6 heteroatoms. The van der Waals surface area contributed by atoms with Crippen molar-refractivity contribution in [1.82, 2.24) is 24.5 Å². The normalized spacial score (nSPS) is 19.3. The smallest absolute Gasteiger partial charge is 0.169 e. The second kappa shape index (κ2) is 3.57. The molecule has 2 saturated carbocycles. The van der Waals surface area contributed by atoms with Crippen molar-refractivity contribution in [2.45, 2.75) is 44.2 Å². The van der Waals surface area contributed by atoms with E-state index >= 15 is 0 Å². The highest BCUT2D eigenvalue weighted by Crippen LogP contribution is 2.42. The Labute approximate surface area is 105 Å². The molecule has 0 saturated heterocycles. The van der Waals surface area contributed by atoms with Crippen LogP contribution < -0.4 is 5.73 Å². The Hall–Kier alpha value is -1.85. The van der Waals surface area contributed by atoms with Crippen molar-refractivity contribution in [3.63, 3.8) is 0 Å². The van der Waals surface area contributed by atoms with E-state index < -0.39 is 0 Å². The number of aromatic nitrogens is 5. The van der Waals surface area contributed by atoms with Crippen molar-refractivity contribution in [2.75, 3.05) is 5.73 Å². The summed E-state index contributed by atoms with van der Waals surface area (Å²) < 4.78 is 4.21. The summed E-state index contributed by atoms with van der Waals surface area (Å²) in [6.07, 6.45) is 8.78. The average Bonchev–Trinajstić information content (AvgIpc) is 3.28. The first-order valence-electron chi connectivity index (χ1n) is 6.52. The molecule has 2 aliphatic rings. The van der Waals surface area contributed by atoms with E-state index in [9.17, 15) is 0 Å². The van der Waals surface area contributed by atoms with Gasteiger partial charge in [0.2, 0.25) is 0 Å². The third-order valence-corrected chi connectivity index (χ3v) is 3.76. The van der Waals surface area contributed by atoms with Crippen LogP contribution in [0.4, 0.5) is 5.82 Å². The minimum absolute atomic E-state index is 0.567. The van der Waals surface area contributed by atoms with Crippen molar-refractivity contribution in [2.24, 2.45) is 0 Å².